The minimum absolute atomic E-state index is 0.0235. The number of anilines is 1. The van der Waals surface area contributed by atoms with Crippen molar-refractivity contribution in [2.75, 3.05) is 18.2 Å². The van der Waals surface area contributed by atoms with Crippen molar-refractivity contribution in [1.29, 1.82) is 0 Å². The lowest BCUT2D eigenvalue weighted by Gasteiger charge is -2.18. The minimum atomic E-state index is -0.708. The molecule has 3 aromatic rings. The third-order valence-corrected chi connectivity index (χ3v) is 7.15. The molecule has 0 bridgehead atoms. The van der Waals surface area contributed by atoms with Gasteiger partial charge >= 0.3 is 0 Å². The maximum atomic E-state index is 14.6. The zero-order valence-electron chi connectivity index (χ0n) is 25.2. The molecular weight excluding hydrogens is 587 g/mol. The number of pyridine rings is 1. The first kappa shape index (κ1) is 35.5. The average Bonchev–Trinajstić information content (AvgIpc) is 3.84. The highest BCUT2D eigenvalue weighted by Gasteiger charge is 2.20. The highest BCUT2D eigenvalue weighted by atomic mass is 35.5. The van der Waals surface area contributed by atoms with Gasteiger partial charge in [-0.1, -0.05) is 61.7 Å². The second kappa shape index (κ2) is 17.4. The van der Waals surface area contributed by atoms with Gasteiger partial charge in [0.05, 0.1) is 21.8 Å². The van der Waals surface area contributed by atoms with E-state index in [0.29, 0.717) is 28.1 Å². The molecule has 228 valence electrons. The molecule has 2 aromatic carbocycles. The van der Waals surface area contributed by atoms with Crippen LogP contribution in [-0.4, -0.2) is 36.8 Å². The Balaban J connectivity index is 0.000000705. The number of ether oxygens (including phenoxy) is 1. The number of carbonyl (C=O) groups is 2. The monoisotopic (exact) mass is 624 g/mol. The molecule has 0 aliphatic heterocycles. The summed E-state index contributed by atoms with van der Waals surface area (Å²) in [6.45, 7) is 11.5. The molecule has 0 saturated heterocycles. The molecule has 0 unspecified atom stereocenters. The molecule has 1 aliphatic rings. The molecule has 1 aliphatic carbocycles. The minimum Gasteiger partial charge on any atom is -0.437 e. The molecule has 0 spiro atoms. The first-order valence-corrected chi connectivity index (χ1v) is 15.2. The van der Waals surface area contributed by atoms with E-state index < -0.39 is 17.1 Å². The van der Waals surface area contributed by atoms with Crippen LogP contribution in [0.25, 0.3) is 0 Å². The standard InChI is InChI=1S/C26H24ClFN4O2S.C4H6O.C3H8/c1-6-26(2,3)17-9-7-8-16(12-17)24(33)31-21-14-22(18(27)13-19(21)28)34-23-11-10-20(30-5)25(32-23)35-15-29-4;5-3-4-1-2-4;1-3-2/h1,7-14,29H,5,15H2,2-4H3,(H,31,33);3-4H,1-2H2;3H2,1-2H3. The van der Waals surface area contributed by atoms with Crippen molar-refractivity contribution in [3.05, 3.63) is 70.5 Å². The number of nitrogens with one attached hydrogen (secondary N) is 2. The second-order valence-corrected chi connectivity index (χ2v) is 11.5. The van der Waals surface area contributed by atoms with Crippen LogP contribution >= 0.6 is 23.4 Å². The summed E-state index contributed by atoms with van der Waals surface area (Å²) in [6, 6.07) is 12.6. The van der Waals surface area contributed by atoms with Crippen molar-refractivity contribution >= 4 is 53.6 Å². The number of terminal acetylenes is 1. The summed E-state index contributed by atoms with van der Waals surface area (Å²) in [5, 5.41) is 6.22. The summed E-state index contributed by atoms with van der Waals surface area (Å²) in [7, 11) is 1.81. The van der Waals surface area contributed by atoms with Crippen LogP contribution in [0.1, 0.15) is 62.9 Å². The van der Waals surface area contributed by atoms with Crippen molar-refractivity contribution < 1.29 is 18.7 Å². The number of amides is 1. The predicted molar refractivity (Wildman–Crippen MR) is 176 cm³/mol. The molecule has 0 radical (unpaired) electrons. The van der Waals surface area contributed by atoms with Crippen LogP contribution in [0.5, 0.6) is 11.6 Å². The third-order valence-electron chi connectivity index (χ3n) is 5.84. The van der Waals surface area contributed by atoms with Crippen LogP contribution in [-0.2, 0) is 10.2 Å². The number of benzene rings is 2. The van der Waals surface area contributed by atoms with Gasteiger partial charge in [-0.3, -0.25) is 9.79 Å². The summed E-state index contributed by atoms with van der Waals surface area (Å²) >= 11 is 7.62. The van der Waals surface area contributed by atoms with Crippen molar-refractivity contribution in [3.8, 4) is 24.0 Å². The summed E-state index contributed by atoms with van der Waals surface area (Å²) in [5.74, 6) is 2.90. The number of thioether (sulfide) groups is 1. The van der Waals surface area contributed by atoms with Gasteiger partial charge in [0.25, 0.3) is 5.91 Å². The van der Waals surface area contributed by atoms with Gasteiger partial charge in [-0.25, -0.2) is 9.37 Å². The van der Waals surface area contributed by atoms with Gasteiger partial charge in [-0.15, -0.1) is 6.42 Å². The molecule has 1 amide bonds. The van der Waals surface area contributed by atoms with Crippen LogP contribution in [0.4, 0.5) is 15.8 Å². The average molecular weight is 625 g/mol. The molecule has 10 heteroatoms. The summed E-state index contributed by atoms with van der Waals surface area (Å²) in [6.07, 6.45) is 10.2. The fourth-order valence-corrected chi connectivity index (χ4v) is 4.12. The molecular formula is C33H38ClFN4O3S. The summed E-state index contributed by atoms with van der Waals surface area (Å²) in [4.78, 5) is 30.8. The third kappa shape index (κ3) is 11.1. The number of nitrogens with zero attached hydrogens (tertiary/aromatic N) is 2. The van der Waals surface area contributed by atoms with Gasteiger partial charge in [0, 0.05) is 29.5 Å². The Kier molecular flexibility index (Phi) is 14.4. The Morgan fingerprint density at radius 1 is 1.28 bits per heavy atom. The molecule has 4 rings (SSSR count). The van der Waals surface area contributed by atoms with E-state index in [1.165, 1.54) is 24.2 Å². The number of hydrogen-bond acceptors (Lipinski definition) is 7. The second-order valence-electron chi connectivity index (χ2n) is 10.1. The number of halogens is 2. The first-order valence-electron chi connectivity index (χ1n) is 13.8. The number of aliphatic imine (C=N–C) groups is 1. The van der Waals surface area contributed by atoms with Crippen LogP contribution in [0, 0.1) is 24.1 Å². The molecule has 0 atom stereocenters. The Bertz CT molecular complexity index is 1450. The number of aldehydes is 1. The van der Waals surface area contributed by atoms with E-state index in [-0.39, 0.29) is 22.3 Å². The lowest BCUT2D eigenvalue weighted by Crippen LogP contribution is -2.17. The maximum Gasteiger partial charge on any atom is 0.255 e. The SMILES string of the molecule is C#CC(C)(C)c1cccc(C(=O)Nc2cc(Oc3ccc(N=C)c(SCNC)n3)c(Cl)cc2F)c1.CCC.O=CC1CC1. The molecule has 1 aromatic heterocycles. The first-order chi connectivity index (χ1) is 20.5. The Labute approximate surface area is 263 Å². The van der Waals surface area contributed by atoms with E-state index in [2.05, 4.69) is 47.1 Å². The molecule has 2 N–H and O–H groups in total. The van der Waals surface area contributed by atoms with Crippen LogP contribution in [0.3, 0.4) is 0 Å². The molecule has 7 nitrogen and oxygen atoms in total. The van der Waals surface area contributed by atoms with Crippen LogP contribution in [0.2, 0.25) is 5.02 Å². The van der Waals surface area contributed by atoms with Gasteiger partial charge < -0.3 is 20.2 Å². The van der Waals surface area contributed by atoms with Crippen molar-refractivity contribution in [3.63, 3.8) is 0 Å². The highest BCUT2D eigenvalue weighted by Crippen LogP contribution is 2.36. The van der Waals surface area contributed by atoms with Gasteiger partial charge in [-0.2, -0.15) is 0 Å². The Hall–Kier alpha value is -3.71. The molecule has 43 heavy (non-hydrogen) atoms. The van der Waals surface area contributed by atoms with E-state index >= 15 is 0 Å². The van der Waals surface area contributed by atoms with Crippen molar-refractivity contribution in [1.82, 2.24) is 10.3 Å². The van der Waals surface area contributed by atoms with Gasteiger partial charge in [0.15, 0.2) is 0 Å². The van der Waals surface area contributed by atoms with Crippen LogP contribution < -0.4 is 15.4 Å². The lowest BCUT2D eigenvalue weighted by molar-refractivity contribution is -0.108. The smallest absolute Gasteiger partial charge is 0.255 e. The van der Waals surface area contributed by atoms with Crippen molar-refractivity contribution in [2.24, 2.45) is 10.9 Å². The van der Waals surface area contributed by atoms with Gasteiger partial charge in [-0.05, 0) is 70.3 Å². The number of aromatic nitrogens is 1. The number of hydrogen-bond donors (Lipinski definition) is 2. The topological polar surface area (TPSA) is 92.7 Å². The molecule has 1 heterocycles. The fourth-order valence-electron chi connectivity index (χ4n) is 3.22. The summed E-state index contributed by atoms with van der Waals surface area (Å²) < 4.78 is 20.5. The number of rotatable bonds is 10. The number of carbonyl (C=O) groups excluding carboxylic acids is 2. The maximum absolute atomic E-state index is 14.6. The zero-order chi connectivity index (χ0) is 32.0. The Morgan fingerprint density at radius 2 is 1.98 bits per heavy atom. The van der Waals surface area contributed by atoms with E-state index in [1.807, 2.05) is 27.0 Å². The Morgan fingerprint density at radius 3 is 2.53 bits per heavy atom. The molecule has 1 fully saturated rings. The zero-order valence-corrected chi connectivity index (χ0v) is 26.7. The normalized spacial score (nSPS) is 12.0. The van der Waals surface area contributed by atoms with E-state index in [0.717, 1.165) is 30.8 Å². The van der Waals surface area contributed by atoms with Gasteiger partial charge in [0.2, 0.25) is 5.88 Å². The predicted octanol–water partition coefficient (Wildman–Crippen LogP) is 8.44. The van der Waals surface area contributed by atoms with E-state index in [9.17, 15) is 14.0 Å². The fraction of sp³-hybridized carbons (Fsp3) is 0.333. The van der Waals surface area contributed by atoms with Crippen LogP contribution in [0.15, 0.2) is 58.5 Å². The molecule has 1 saturated carbocycles. The van der Waals surface area contributed by atoms with E-state index in [4.69, 9.17) is 22.8 Å². The quantitative estimate of drug-likeness (QED) is 0.0773. The highest BCUT2D eigenvalue weighted by molar-refractivity contribution is 7.99. The van der Waals surface area contributed by atoms with Crippen molar-refractivity contribution in [2.45, 2.75) is 57.4 Å². The van der Waals surface area contributed by atoms with Gasteiger partial charge in [0.1, 0.15) is 22.9 Å². The summed E-state index contributed by atoms with van der Waals surface area (Å²) in [5.41, 5.74) is 1.08. The van der Waals surface area contributed by atoms with E-state index in [1.54, 1.807) is 30.3 Å². The largest absolute Gasteiger partial charge is 0.437 e. The lowest BCUT2D eigenvalue weighted by atomic mass is 9.85.